The van der Waals surface area contributed by atoms with Crippen LogP contribution in [0.5, 0.6) is 5.75 Å². The molecule has 1 aromatic rings. The molecule has 1 unspecified atom stereocenters. The van der Waals surface area contributed by atoms with Crippen molar-refractivity contribution in [2.75, 3.05) is 13.7 Å². The number of nitrogens with zero attached hydrogens (tertiary/aromatic N) is 1. The number of nitrogens with two attached hydrogens (primary N) is 1. The molecule has 0 heterocycles. The smallest absolute Gasteiger partial charge is 0.310 e. The fourth-order valence-electron chi connectivity index (χ4n) is 2.94. The molecule has 2 rings (SSSR count). The SMILES string of the molecule is COc1cc(S(=O)(=O)NC(CN)C2CCCC2)ccc1[N+](=O)[O-]. The molecule has 128 valence electrons. The highest BCUT2D eigenvalue weighted by Gasteiger charge is 2.29. The molecule has 23 heavy (non-hydrogen) atoms. The van der Waals surface area contributed by atoms with E-state index in [9.17, 15) is 18.5 Å². The molecule has 0 radical (unpaired) electrons. The molecule has 1 aliphatic rings. The molecule has 0 aliphatic heterocycles. The van der Waals surface area contributed by atoms with Gasteiger partial charge in [-0.25, -0.2) is 13.1 Å². The number of nitrogens with one attached hydrogen (secondary N) is 1. The summed E-state index contributed by atoms with van der Waals surface area (Å²) in [6.07, 6.45) is 4.06. The standard InChI is InChI=1S/C14H21N3O5S/c1-22-14-8-11(6-7-13(14)17(18)19)23(20,21)16-12(9-15)10-4-2-3-5-10/h6-8,10,12,16H,2-5,9,15H2,1H3. The fourth-order valence-corrected chi connectivity index (χ4v) is 4.27. The van der Waals surface area contributed by atoms with Crippen LogP contribution in [0.2, 0.25) is 0 Å². The van der Waals surface area contributed by atoms with Crippen molar-refractivity contribution in [2.45, 2.75) is 36.6 Å². The van der Waals surface area contributed by atoms with Gasteiger partial charge >= 0.3 is 5.69 Å². The molecule has 1 aromatic carbocycles. The van der Waals surface area contributed by atoms with E-state index in [1.165, 1.54) is 13.2 Å². The normalized spacial score (nSPS) is 17.1. The van der Waals surface area contributed by atoms with E-state index < -0.39 is 14.9 Å². The Labute approximate surface area is 135 Å². The van der Waals surface area contributed by atoms with Gasteiger partial charge in [0.2, 0.25) is 10.0 Å². The highest BCUT2D eigenvalue weighted by Crippen LogP contribution is 2.31. The van der Waals surface area contributed by atoms with E-state index in [0.29, 0.717) is 0 Å². The molecule has 1 fully saturated rings. The Morgan fingerprint density at radius 2 is 2.09 bits per heavy atom. The van der Waals surface area contributed by atoms with E-state index in [4.69, 9.17) is 10.5 Å². The number of sulfonamides is 1. The van der Waals surface area contributed by atoms with Gasteiger partial charge in [-0.2, -0.15) is 0 Å². The lowest BCUT2D eigenvalue weighted by Crippen LogP contribution is -2.44. The first-order valence-electron chi connectivity index (χ1n) is 7.44. The third kappa shape index (κ3) is 3.98. The minimum atomic E-state index is -3.82. The molecule has 1 aliphatic carbocycles. The highest BCUT2D eigenvalue weighted by atomic mass is 32.2. The Morgan fingerprint density at radius 1 is 1.43 bits per heavy atom. The molecular formula is C14H21N3O5S. The van der Waals surface area contributed by atoms with Crippen LogP contribution in [0.25, 0.3) is 0 Å². The van der Waals surface area contributed by atoms with E-state index in [2.05, 4.69) is 4.72 Å². The zero-order valence-electron chi connectivity index (χ0n) is 12.9. The first kappa shape index (κ1) is 17.6. The number of nitro groups is 1. The van der Waals surface area contributed by atoms with Crippen LogP contribution in [-0.2, 0) is 10.0 Å². The zero-order chi connectivity index (χ0) is 17.0. The van der Waals surface area contributed by atoms with E-state index in [1.54, 1.807) is 0 Å². The van der Waals surface area contributed by atoms with Crippen LogP contribution < -0.4 is 15.2 Å². The number of nitro benzene ring substituents is 1. The minimum Gasteiger partial charge on any atom is -0.490 e. The summed E-state index contributed by atoms with van der Waals surface area (Å²) in [6, 6.07) is 3.15. The van der Waals surface area contributed by atoms with E-state index in [-0.39, 0.29) is 34.8 Å². The molecule has 0 spiro atoms. The minimum absolute atomic E-state index is 0.0728. The maximum atomic E-state index is 12.5. The molecule has 1 saturated carbocycles. The molecule has 0 amide bonds. The number of ether oxygens (including phenoxy) is 1. The summed E-state index contributed by atoms with van der Waals surface area (Å²) < 4.78 is 32.6. The predicted molar refractivity (Wildman–Crippen MR) is 84.8 cm³/mol. The van der Waals surface area contributed by atoms with Crippen molar-refractivity contribution >= 4 is 15.7 Å². The van der Waals surface area contributed by atoms with Crippen LogP contribution in [0, 0.1) is 16.0 Å². The number of hydrogen-bond donors (Lipinski definition) is 2. The number of benzene rings is 1. The molecule has 1 atom stereocenters. The van der Waals surface area contributed by atoms with E-state index in [0.717, 1.165) is 37.8 Å². The van der Waals surface area contributed by atoms with Crippen molar-refractivity contribution in [3.05, 3.63) is 28.3 Å². The zero-order valence-corrected chi connectivity index (χ0v) is 13.7. The van der Waals surface area contributed by atoms with Crippen LogP contribution >= 0.6 is 0 Å². The summed E-state index contributed by atoms with van der Waals surface area (Å²) in [5, 5.41) is 10.9. The quantitative estimate of drug-likeness (QED) is 0.569. The molecule has 3 N–H and O–H groups in total. The molecule has 0 saturated heterocycles. The van der Waals surface area contributed by atoms with Gasteiger partial charge in [-0.05, 0) is 24.8 Å². The molecular weight excluding hydrogens is 322 g/mol. The Hall–Kier alpha value is -1.71. The van der Waals surface area contributed by atoms with Gasteiger partial charge in [-0.1, -0.05) is 12.8 Å². The summed E-state index contributed by atoms with van der Waals surface area (Å²) >= 11 is 0. The number of methoxy groups -OCH3 is 1. The largest absolute Gasteiger partial charge is 0.490 e. The van der Waals surface area contributed by atoms with Crippen molar-refractivity contribution in [1.29, 1.82) is 0 Å². The average molecular weight is 343 g/mol. The van der Waals surface area contributed by atoms with Crippen molar-refractivity contribution in [3.8, 4) is 5.75 Å². The van der Waals surface area contributed by atoms with E-state index in [1.807, 2.05) is 0 Å². The fraction of sp³-hybridized carbons (Fsp3) is 0.571. The summed E-state index contributed by atoms with van der Waals surface area (Å²) in [4.78, 5) is 10.2. The van der Waals surface area contributed by atoms with Crippen molar-refractivity contribution in [3.63, 3.8) is 0 Å². The maximum Gasteiger partial charge on any atom is 0.310 e. The summed E-state index contributed by atoms with van der Waals surface area (Å²) in [6.45, 7) is 0.216. The average Bonchev–Trinajstić information content (AvgIpc) is 3.06. The van der Waals surface area contributed by atoms with Crippen molar-refractivity contribution in [2.24, 2.45) is 11.7 Å². The van der Waals surface area contributed by atoms with Gasteiger partial charge in [0.25, 0.3) is 0 Å². The van der Waals surface area contributed by atoms with Crippen LogP contribution in [-0.4, -0.2) is 33.0 Å². The summed E-state index contributed by atoms with van der Waals surface area (Å²) in [7, 11) is -2.56. The molecule has 0 aromatic heterocycles. The number of rotatable bonds is 7. The van der Waals surface area contributed by atoms with Crippen molar-refractivity contribution in [1.82, 2.24) is 4.72 Å². The third-order valence-corrected chi connectivity index (χ3v) is 5.68. The van der Waals surface area contributed by atoms with Gasteiger partial charge in [-0.15, -0.1) is 0 Å². The van der Waals surface area contributed by atoms with Gasteiger partial charge in [0.1, 0.15) is 0 Å². The Morgan fingerprint density at radius 3 is 2.61 bits per heavy atom. The maximum absolute atomic E-state index is 12.5. The van der Waals surface area contributed by atoms with E-state index >= 15 is 0 Å². The second-order valence-corrected chi connectivity index (χ2v) is 7.31. The van der Waals surface area contributed by atoms with Gasteiger partial charge in [0.15, 0.2) is 5.75 Å². The Bertz CT molecular complexity index is 671. The molecule has 8 nitrogen and oxygen atoms in total. The first-order valence-corrected chi connectivity index (χ1v) is 8.92. The van der Waals surface area contributed by atoms with Gasteiger partial charge in [-0.3, -0.25) is 10.1 Å². The third-order valence-electron chi connectivity index (χ3n) is 4.19. The Kier molecular flexibility index (Phi) is 5.55. The second kappa shape index (κ2) is 7.24. The topological polar surface area (TPSA) is 125 Å². The molecule has 9 heteroatoms. The van der Waals surface area contributed by atoms with Crippen LogP contribution in [0.1, 0.15) is 25.7 Å². The first-order chi connectivity index (χ1) is 10.9. The lowest BCUT2D eigenvalue weighted by atomic mass is 9.99. The monoisotopic (exact) mass is 343 g/mol. The van der Waals surface area contributed by atoms with Crippen LogP contribution in [0.3, 0.4) is 0 Å². The molecule has 0 bridgehead atoms. The highest BCUT2D eigenvalue weighted by molar-refractivity contribution is 7.89. The lowest BCUT2D eigenvalue weighted by Gasteiger charge is -2.23. The van der Waals surface area contributed by atoms with Gasteiger partial charge in [0.05, 0.1) is 16.9 Å². The van der Waals surface area contributed by atoms with Gasteiger partial charge < -0.3 is 10.5 Å². The number of hydrogen-bond acceptors (Lipinski definition) is 6. The van der Waals surface area contributed by atoms with Crippen LogP contribution in [0.4, 0.5) is 5.69 Å². The Balaban J connectivity index is 2.26. The lowest BCUT2D eigenvalue weighted by molar-refractivity contribution is -0.385. The summed E-state index contributed by atoms with van der Waals surface area (Å²) in [5.74, 6) is 0.137. The van der Waals surface area contributed by atoms with Gasteiger partial charge in [0, 0.05) is 24.7 Å². The van der Waals surface area contributed by atoms with Crippen molar-refractivity contribution < 1.29 is 18.1 Å². The predicted octanol–water partition coefficient (Wildman–Crippen LogP) is 1.40. The van der Waals surface area contributed by atoms with Crippen LogP contribution in [0.15, 0.2) is 23.1 Å². The summed E-state index contributed by atoms with van der Waals surface area (Å²) in [5.41, 5.74) is 5.44. The second-order valence-electron chi connectivity index (χ2n) is 5.60.